The van der Waals surface area contributed by atoms with Crippen LogP contribution in [0.15, 0.2) is 12.1 Å². The van der Waals surface area contributed by atoms with Gasteiger partial charge in [0.15, 0.2) is 11.6 Å². The molecule has 3 rings (SSSR count). The number of nitro groups is 1. The van der Waals surface area contributed by atoms with Crippen molar-refractivity contribution in [2.45, 2.75) is 12.0 Å². The van der Waals surface area contributed by atoms with Gasteiger partial charge in [-0.2, -0.15) is 0 Å². The molecule has 1 aromatic carbocycles. The van der Waals surface area contributed by atoms with Crippen molar-refractivity contribution in [1.82, 2.24) is 0 Å². The normalized spacial score (nSPS) is 24.7. The molecule has 120 valence electrons. The molecule has 0 saturated carbocycles. The summed E-state index contributed by atoms with van der Waals surface area (Å²) < 4.78 is 30.5. The fourth-order valence-corrected chi connectivity index (χ4v) is 2.96. The van der Waals surface area contributed by atoms with Crippen molar-refractivity contribution < 1.29 is 23.5 Å². The second-order valence-electron chi connectivity index (χ2n) is 5.49. The number of hydrogen-bond acceptors (Lipinski definition) is 6. The first-order valence-corrected chi connectivity index (χ1v) is 7.03. The van der Waals surface area contributed by atoms with E-state index < -0.39 is 16.3 Å². The van der Waals surface area contributed by atoms with E-state index in [0.717, 1.165) is 12.5 Å². The Morgan fingerprint density at radius 2 is 2.27 bits per heavy atom. The van der Waals surface area contributed by atoms with Crippen LogP contribution in [0, 0.1) is 15.9 Å². The molecule has 0 aromatic heterocycles. The van der Waals surface area contributed by atoms with Crippen molar-refractivity contribution in [3.8, 4) is 5.75 Å². The molecule has 0 N–H and O–H groups in total. The largest absolute Gasteiger partial charge is 0.490 e. The van der Waals surface area contributed by atoms with E-state index in [0.29, 0.717) is 32.9 Å². The maximum Gasteiger partial charge on any atom is 0.313 e. The van der Waals surface area contributed by atoms with Crippen LogP contribution >= 0.6 is 0 Å². The Hall–Kier alpha value is -1.93. The third-order valence-electron chi connectivity index (χ3n) is 4.10. The zero-order valence-corrected chi connectivity index (χ0v) is 12.2. The van der Waals surface area contributed by atoms with Crippen LogP contribution in [-0.2, 0) is 9.47 Å². The smallest absolute Gasteiger partial charge is 0.313 e. The lowest BCUT2D eigenvalue weighted by Crippen LogP contribution is -2.52. The van der Waals surface area contributed by atoms with Gasteiger partial charge in [0.2, 0.25) is 0 Å². The van der Waals surface area contributed by atoms with Gasteiger partial charge in [-0.25, -0.2) is 4.39 Å². The van der Waals surface area contributed by atoms with Crippen molar-refractivity contribution in [2.75, 3.05) is 44.9 Å². The van der Waals surface area contributed by atoms with Gasteiger partial charge in [-0.1, -0.05) is 0 Å². The van der Waals surface area contributed by atoms with Gasteiger partial charge in [-0.15, -0.1) is 0 Å². The lowest BCUT2D eigenvalue weighted by molar-refractivity contribution is -0.385. The van der Waals surface area contributed by atoms with E-state index in [1.54, 1.807) is 0 Å². The monoisotopic (exact) mass is 312 g/mol. The zero-order valence-electron chi connectivity index (χ0n) is 12.2. The highest BCUT2D eigenvalue weighted by molar-refractivity contribution is 5.60. The van der Waals surface area contributed by atoms with Crippen molar-refractivity contribution in [3.05, 3.63) is 28.1 Å². The van der Waals surface area contributed by atoms with Crippen LogP contribution in [0.4, 0.5) is 15.8 Å². The van der Waals surface area contributed by atoms with Crippen molar-refractivity contribution in [3.63, 3.8) is 0 Å². The van der Waals surface area contributed by atoms with Gasteiger partial charge >= 0.3 is 5.69 Å². The first kappa shape index (κ1) is 15.0. The summed E-state index contributed by atoms with van der Waals surface area (Å²) in [4.78, 5) is 12.1. The van der Waals surface area contributed by atoms with Gasteiger partial charge in [0, 0.05) is 32.2 Å². The number of halogens is 1. The van der Waals surface area contributed by atoms with Crippen molar-refractivity contribution >= 4 is 11.4 Å². The van der Waals surface area contributed by atoms with Gasteiger partial charge in [0.25, 0.3) is 0 Å². The average Bonchev–Trinajstić information content (AvgIpc) is 2.94. The highest BCUT2D eigenvalue weighted by Crippen LogP contribution is 2.37. The SMILES string of the molecule is COc1cc(N2CCOC3(CCOC3)C2)c(F)cc1[N+](=O)[O-]. The fraction of sp³-hybridized carbons (Fsp3) is 0.571. The topological polar surface area (TPSA) is 74.1 Å². The van der Waals surface area contributed by atoms with Crippen LogP contribution in [0.5, 0.6) is 5.75 Å². The molecule has 2 saturated heterocycles. The van der Waals surface area contributed by atoms with E-state index in [4.69, 9.17) is 14.2 Å². The molecule has 1 spiro atoms. The number of nitrogens with zero attached hydrogens (tertiary/aromatic N) is 2. The molecule has 1 atom stereocenters. The molecular formula is C14H17FN2O5. The molecule has 1 aromatic rings. The maximum absolute atomic E-state index is 14.3. The number of morpholine rings is 1. The molecule has 0 bridgehead atoms. The third kappa shape index (κ3) is 2.59. The quantitative estimate of drug-likeness (QED) is 0.625. The Balaban J connectivity index is 1.92. The Bertz CT molecular complexity index is 589. The van der Waals surface area contributed by atoms with Crippen LogP contribution in [-0.4, -0.2) is 50.5 Å². The van der Waals surface area contributed by atoms with Crippen LogP contribution < -0.4 is 9.64 Å². The summed E-state index contributed by atoms with van der Waals surface area (Å²) in [6.45, 7) is 2.57. The Morgan fingerprint density at radius 3 is 2.91 bits per heavy atom. The predicted molar refractivity (Wildman–Crippen MR) is 75.9 cm³/mol. The Kier molecular flexibility index (Phi) is 3.88. The van der Waals surface area contributed by atoms with Gasteiger partial charge in [-0.05, 0) is 0 Å². The van der Waals surface area contributed by atoms with Crippen molar-refractivity contribution in [1.29, 1.82) is 0 Å². The summed E-state index contributed by atoms with van der Waals surface area (Å²) in [6, 6.07) is 2.28. The van der Waals surface area contributed by atoms with E-state index in [2.05, 4.69) is 0 Å². The van der Waals surface area contributed by atoms with Gasteiger partial charge in [0.1, 0.15) is 5.60 Å². The van der Waals surface area contributed by atoms with Gasteiger partial charge in [0.05, 0.1) is 37.0 Å². The molecule has 2 aliphatic heterocycles. The van der Waals surface area contributed by atoms with Crippen LogP contribution in [0.2, 0.25) is 0 Å². The van der Waals surface area contributed by atoms with Crippen LogP contribution in [0.1, 0.15) is 6.42 Å². The number of anilines is 1. The lowest BCUT2D eigenvalue weighted by Gasteiger charge is -2.40. The second-order valence-corrected chi connectivity index (χ2v) is 5.49. The number of ether oxygens (including phenoxy) is 3. The second kappa shape index (κ2) is 5.69. The predicted octanol–water partition coefficient (Wildman–Crippen LogP) is 1.74. The van der Waals surface area contributed by atoms with E-state index in [-0.39, 0.29) is 17.1 Å². The van der Waals surface area contributed by atoms with E-state index >= 15 is 0 Å². The molecule has 22 heavy (non-hydrogen) atoms. The highest BCUT2D eigenvalue weighted by atomic mass is 19.1. The molecule has 2 fully saturated rings. The summed E-state index contributed by atoms with van der Waals surface area (Å²) >= 11 is 0. The van der Waals surface area contributed by atoms with Gasteiger partial charge in [-0.3, -0.25) is 10.1 Å². The summed E-state index contributed by atoms with van der Waals surface area (Å²) in [5.74, 6) is -0.590. The molecule has 1 unspecified atom stereocenters. The average molecular weight is 312 g/mol. The molecular weight excluding hydrogens is 295 g/mol. The van der Waals surface area contributed by atoms with Crippen molar-refractivity contribution in [2.24, 2.45) is 0 Å². The van der Waals surface area contributed by atoms with E-state index in [9.17, 15) is 14.5 Å². The van der Waals surface area contributed by atoms with E-state index in [1.807, 2.05) is 4.90 Å². The molecule has 2 aliphatic rings. The lowest BCUT2D eigenvalue weighted by atomic mass is 10.00. The standard InChI is InChI=1S/C14H17FN2O5/c1-20-13-7-11(10(15)6-12(13)17(18)19)16-3-5-22-14(8-16)2-4-21-9-14/h6-7H,2-5,8-9H2,1H3. The summed E-state index contributed by atoms with van der Waals surface area (Å²) in [7, 11) is 1.33. The van der Waals surface area contributed by atoms with Crippen LogP contribution in [0.25, 0.3) is 0 Å². The van der Waals surface area contributed by atoms with Gasteiger partial charge < -0.3 is 19.1 Å². The summed E-state index contributed by atoms with van der Waals surface area (Å²) in [5.41, 5.74) is -0.507. The molecule has 0 amide bonds. The Labute approximate surface area is 126 Å². The number of benzene rings is 1. The minimum Gasteiger partial charge on any atom is -0.490 e. The number of methoxy groups -OCH3 is 1. The first-order chi connectivity index (χ1) is 10.5. The fourth-order valence-electron chi connectivity index (χ4n) is 2.96. The summed E-state index contributed by atoms with van der Waals surface area (Å²) in [5, 5.41) is 10.9. The first-order valence-electron chi connectivity index (χ1n) is 7.03. The number of nitro benzene ring substituents is 1. The van der Waals surface area contributed by atoms with Crippen LogP contribution in [0.3, 0.4) is 0 Å². The zero-order chi connectivity index (χ0) is 15.7. The van der Waals surface area contributed by atoms with E-state index in [1.165, 1.54) is 13.2 Å². The summed E-state index contributed by atoms with van der Waals surface area (Å²) in [6.07, 6.45) is 0.759. The molecule has 2 heterocycles. The number of rotatable bonds is 3. The molecule has 7 nitrogen and oxygen atoms in total. The molecule has 0 aliphatic carbocycles. The third-order valence-corrected chi connectivity index (χ3v) is 4.10. The highest BCUT2D eigenvalue weighted by Gasteiger charge is 2.41. The Morgan fingerprint density at radius 1 is 1.45 bits per heavy atom. The minimum atomic E-state index is -0.655. The number of hydrogen-bond donors (Lipinski definition) is 0. The molecule has 8 heteroatoms. The maximum atomic E-state index is 14.3. The minimum absolute atomic E-state index is 0.0459. The molecule has 0 radical (unpaired) electrons.